The molecule has 3 heterocycles. The van der Waals surface area contributed by atoms with Gasteiger partial charge in [0.15, 0.2) is 0 Å². The Kier molecular flexibility index (Phi) is 2.62. The molecule has 0 spiro atoms. The van der Waals surface area contributed by atoms with E-state index in [1.807, 2.05) is 43.6 Å². The lowest BCUT2D eigenvalue weighted by molar-refractivity contribution is 0.0860. The van der Waals surface area contributed by atoms with Gasteiger partial charge in [0.05, 0.1) is 5.39 Å². The number of para-hydroxylation sites is 1. The minimum atomic E-state index is -0.0208. The molecule has 5 heteroatoms. The number of rotatable bonds is 1. The fourth-order valence-electron chi connectivity index (χ4n) is 3.50. The largest absolute Gasteiger partial charge is 0.425 e. The van der Waals surface area contributed by atoms with Crippen molar-refractivity contribution in [3.05, 3.63) is 47.5 Å². The molecule has 4 aromatic rings. The van der Waals surface area contributed by atoms with Gasteiger partial charge in [0.1, 0.15) is 23.7 Å². The third-order valence-electron chi connectivity index (χ3n) is 4.91. The average molecular weight is 319 g/mol. The summed E-state index contributed by atoms with van der Waals surface area (Å²) < 4.78 is 11.9. The maximum Gasteiger partial charge on any atom is 0.299 e. The molecule has 5 rings (SSSR count). The number of hydrazine groups is 1. The van der Waals surface area contributed by atoms with Crippen LogP contribution >= 0.6 is 0 Å². The van der Waals surface area contributed by atoms with Crippen LogP contribution in [0.5, 0.6) is 0 Å². The van der Waals surface area contributed by atoms with E-state index in [4.69, 9.17) is 8.83 Å². The van der Waals surface area contributed by atoms with Gasteiger partial charge in [-0.2, -0.15) is 5.01 Å². The Morgan fingerprint density at radius 2 is 1.79 bits per heavy atom. The summed E-state index contributed by atoms with van der Waals surface area (Å²) >= 11 is 0. The van der Waals surface area contributed by atoms with E-state index in [1.165, 1.54) is 5.56 Å². The maximum atomic E-state index is 6.00. The summed E-state index contributed by atoms with van der Waals surface area (Å²) in [6.45, 7) is 2.12. The lowest BCUT2D eigenvalue weighted by atomic mass is 10.0. The van der Waals surface area contributed by atoms with Gasteiger partial charge in [-0.15, -0.1) is 0 Å². The number of benzene rings is 2. The molecular weight excluding hydrogens is 302 g/mol. The number of hydrogen-bond donors (Lipinski definition) is 0. The van der Waals surface area contributed by atoms with Crippen molar-refractivity contribution in [2.24, 2.45) is 4.99 Å². The second-order valence-electron chi connectivity index (χ2n) is 6.35. The highest BCUT2D eigenvalue weighted by atomic mass is 16.5. The van der Waals surface area contributed by atoms with Crippen LogP contribution in [0.3, 0.4) is 0 Å². The lowest BCUT2D eigenvalue weighted by Crippen LogP contribution is -2.32. The minimum absolute atomic E-state index is 0.0208. The Hall–Kier alpha value is -2.79. The SMILES string of the molecule is Cc1cc2c(cc1C1N=CN(C)N1C)oc1oc3ccccc3c12. The number of aryl methyl sites for hydroxylation is 1. The highest BCUT2D eigenvalue weighted by Crippen LogP contribution is 2.39. The van der Waals surface area contributed by atoms with Crippen molar-refractivity contribution < 1.29 is 8.83 Å². The second kappa shape index (κ2) is 4.61. The third-order valence-corrected chi connectivity index (χ3v) is 4.91. The van der Waals surface area contributed by atoms with Gasteiger partial charge < -0.3 is 8.83 Å². The van der Waals surface area contributed by atoms with Crippen LogP contribution in [0, 0.1) is 6.92 Å². The first-order chi connectivity index (χ1) is 11.6. The first-order valence-corrected chi connectivity index (χ1v) is 7.96. The summed E-state index contributed by atoms with van der Waals surface area (Å²) in [6.07, 6.45) is 1.82. The molecule has 1 unspecified atom stereocenters. The van der Waals surface area contributed by atoms with Gasteiger partial charge in [-0.3, -0.25) is 5.01 Å². The molecule has 1 aliphatic heterocycles. The topological polar surface area (TPSA) is 45.1 Å². The second-order valence-corrected chi connectivity index (χ2v) is 6.35. The van der Waals surface area contributed by atoms with E-state index in [-0.39, 0.29) is 6.17 Å². The summed E-state index contributed by atoms with van der Waals surface area (Å²) in [5, 5.41) is 7.31. The van der Waals surface area contributed by atoms with Gasteiger partial charge in [0, 0.05) is 24.9 Å². The molecule has 0 aliphatic carbocycles. The van der Waals surface area contributed by atoms with Crippen LogP contribution in [0.2, 0.25) is 0 Å². The van der Waals surface area contributed by atoms with Gasteiger partial charge in [0.2, 0.25) is 0 Å². The van der Waals surface area contributed by atoms with Gasteiger partial charge in [-0.25, -0.2) is 4.99 Å². The predicted octanol–water partition coefficient (Wildman–Crippen LogP) is 4.46. The molecule has 0 saturated carbocycles. The predicted molar refractivity (Wildman–Crippen MR) is 95.0 cm³/mol. The molecule has 120 valence electrons. The zero-order valence-corrected chi connectivity index (χ0v) is 13.8. The standard InChI is InChI=1S/C19H17N3O2/c1-11-8-14-16(9-13(11)18-20-10-21(2)22(18)3)24-19-17(14)12-6-4-5-7-15(12)23-19/h4-10,18H,1-3H3. The summed E-state index contributed by atoms with van der Waals surface area (Å²) in [6, 6.07) is 12.3. The van der Waals surface area contributed by atoms with Crippen molar-refractivity contribution in [1.29, 1.82) is 0 Å². The Morgan fingerprint density at radius 3 is 2.58 bits per heavy atom. The molecule has 0 fully saturated rings. The molecule has 2 aromatic carbocycles. The molecular formula is C19H17N3O2. The molecule has 0 amide bonds. The molecule has 2 aromatic heterocycles. The number of nitrogens with zero attached hydrogens (tertiary/aromatic N) is 3. The van der Waals surface area contributed by atoms with Crippen molar-refractivity contribution in [2.45, 2.75) is 13.1 Å². The fourth-order valence-corrected chi connectivity index (χ4v) is 3.50. The summed E-state index contributed by atoms with van der Waals surface area (Å²) in [7, 11) is 4.02. The van der Waals surface area contributed by atoms with E-state index in [9.17, 15) is 0 Å². The molecule has 1 atom stereocenters. The van der Waals surface area contributed by atoms with Crippen LogP contribution in [0.25, 0.3) is 33.1 Å². The van der Waals surface area contributed by atoms with E-state index in [2.05, 4.69) is 35.1 Å². The van der Waals surface area contributed by atoms with Crippen molar-refractivity contribution in [3.63, 3.8) is 0 Å². The highest BCUT2D eigenvalue weighted by Gasteiger charge is 2.26. The number of hydrogen-bond acceptors (Lipinski definition) is 5. The quantitative estimate of drug-likeness (QED) is 0.519. The Labute approximate surface area is 138 Å². The lowest BCUT2D eigenvalue weighted by Gasteiger charge is -2.25. The first kappa shape index (κ1) is 13.6. The highest BCUT2D eigenvalue weighted by molar-refractivity contribution is 6.17. The van der Waals surface area contributed by atoms with Crippen molar-refractivity contribution in [2.75, 3.05) is 14.1 Å². The van der Waals surface area contributed by atoms with Gasteiger partial charge in [-0.05, 0) is 36.2 Å². The average Bonchev–Trinajstić information content (AvgIpc) is 3.20. The first-order valence-electron chi connectivity index (χ1n) is 7.96. The molecule has 1 aliphatic rings. The number of furan rings is 2. The monoisotopic (exact) mass is 319 g/mol. The molecule has 5 nitrogen and oxygen atoms in total. The summed E-state index contributed by atoms with van der Waals surface area (Å²) in [4.78, 5) is 4.59. The van der Waals surface area contributed by atoms with E-state index in [1.54, 1.807) is 0 Å². The van der Waals surface area contributed by atoms with E-state index in [0.717, 1.165) is 32.9 Å². The van der Waals surface area contributed by atoms with Crippen molar-refractivity contribution >= 4 is 39.4 Å². The zero-order valence-electron chi connectivity index (χ0n) is 13.8. The van der Waals surface area contributed by atoms with Crippen LogP contribution in [0.15, 0.2) is 50.2 Å². The molecule has 0 radical (unpaired) electrons. The molecule has 0 bridgehead atoms. The number of aliphatic imine (C=N–C) groups is 1. The smallest absolute Gasteiger partial charge is 0.299 e. The number of fused-ring (bicyclic) bond motifs is 5. The van der Waals surface area contributed by atoms with Crippen LogP contribution in [0.1, 0.15) is 17.3 Å². The zero-order chi connectivity index (χ0) is 16.4. The molecule has 0 saturated heterocycles. The van der Waals surface area contributed by atoms with E-state index < -0.39 is 0 Å². The van der Waals surface area contributed by atoms with Gasteiger partial charge in [-0.1, -0.05) is 18.2 Å². The van der Waals surface area contributed by atoms with Crippen LogP contribution < -0.4 is 0 Å². The van der Waals surface area contributed by atoms with Gasteiger partial charge >= 0.3 is 0 Å². The van der Waals surface area contributed by atoms with Crippen LogP contribution in [0.4, 0.5) is 0 Å². The minimum Gasteiger partial charge on any atom is -0.425 e. The van der Waals surface area contributed by atoms with Crippen LogP contribution in [-0.2, 0) is 0 Å². The van der Waals surface area contributed by atoms with E-state index in [0.29, 0.717) is 5.78 Å². The third kappa shape index (κ3) is 1.70. The fraction of sp³-hybridized carbons (Fsp3) is 0.211. The Balaban J connectivity index is 1.77. The van der Waals surface area contributed by atoms with Crippen molar-refractivity contribution in [1.82, 2.24) is 10.0 Å². The van der Waals surface area contributed by atoms with E-state index >= 15 is 0 Å². The Bertz CT molecular complexity index is 1120. The van der Waals surface area contributed by atoms with Crippen molar-refractivity contribution in [3.8, 4) is 0 Å². The van der Waals surface area contributed by atoms with Gasteiger partial charge in [0.25, 0.3) is 5.78 Å². The normalized spacial score (nSPS) is 18.6. The maximum absolute atomic E-state index is 6.00. The Morgan fingerprint density at radius 1 is 1.00 bits per heavy atom. The molecule has 0 N–H and O–H groups in total. The summed E-state index contributed by atoms with van der Waals surface area (Å²) in [5.74, 6) is 0.586. The van der Waals surface area contributed by atoms with Crippen LogP contribution in [-0.4, -0.2) is 30.5 Å². The molecule has 24 heavy (non-hydrogen) atoms. The summed E-state index contributed by atoms with van der Waals surface area (Å²) in [5.41, 5.74) is 4.04.